The summed E-state index contributed by atoms with van der Waals surface area (Å²) < 4.78 is 0. The van der Waals surface area contributed by atoms with Crippen molar-refractivity contribution in [3.05, 3.63) is 47.0 Å². The molecule has 0 aliphatic heterocycles. The Balaban J connectivity index is 2.98. The van der Waals surface area contributed by atoms with Gasteiger partial charge in [-0.15, -0.1) is 0 Å². The van der Waals surface area contributed by atoms with Crippen LogP contribution in [0.1, 0.15) is 16.7 Å². The number of fused-ring (bicyclic) bond motifs is 1. The van der Waals surface area contributed by atoms with E-state index in [4.69, 9.17) is 10.5 Å². The fourth-order valence-electron chi connectivity index (χ4n) is 1.73. The van der Waals surface area contributed by atoms with Crippen LogP contribution < -0.4 is 0 Å². The smallest absolute Gasteiger partial charge is 0.101 e. The van der Waals surface area contributed by atoms with Crippen LogP contribution in [-0.2, 0) is 0 Å². The highest BCUT2D eigenvalue weighted by molar-refractivity contribution is 5.92. The van der Waals surface area contributed by atoms with Gasteiger partial charge < -0.3 is 0 Å². The van der Waals surface area contributed by atoms with E-state index in [1.54, 1.807) is 6.07 Å². The van der Waals surface area contributed by atoms with Gasteiger partial charge in [-0.2, -0.15) is 10.5 Å². The van der Waals surface area contributed by atoms with E-state index in [2.05, 4.69) is 6.07 Å². The Bertz CT molecular complexity index is 613. The van der Waals surface area contributed by atoms with Crippen LogP contribution >= 0.6 is 0 Å². The van der Waals surface area contributed by atoms with E-state index < -0.39 is 0 Å². The van der Waals surface area contributed by atoms with E-state index in [1.165, 1.54) is 0 Å². The lowest BCUT2D eigenvalue weighted by Gasteiger charge is -2.04. The minimum atomic E-state index is 0.440. The first-order valence-corrected chi connectivity index (χ1v) is 4.60. The Morgan fingerprint density at radius 3 is 2.40 bits per heavy atom. The van der Waals surface area contributed by atoms with E-state index in [-0.39, 0.29) is 0 Å². The highest BCUT2D eigenvalue weighted by Gasteiger charge is 2.07. The molecule has 0 saturated heterocycles. The van der Waals surface area contributed by atoms with E-state index >= 15 is 0 Å². The van der Waals surface area contributed by atoms with Crippen LogP contribution in [0, 0.1) is 29.6 Å². The monoisotopic (exact) mass is 192 g/mol. The van der Waals surface area contributed by atoms with Crippen LogP contribution in [0.3, 0.4) is 0 Å². The summed E-state index contributed by atoms with van der Waals surface area (Å²) in [5.74, 6) is 0. The number of benzene rings is 2. The van der Waals surface area contributed by atoms with Gasteiger partial charge in [-0.1, -0.05) is 24.3 Å². The fraction of sp³-hybridized carbons (Fsp3) is 0.0769. The molecule has 2 nitrogen and oxygen atoms in total. The molecule has 0 bridgehead atoms. The first-order valence-electron chi connectivity index (χ1n) is 4.60. The Hall–Kier alpha value is -2.32. The molecule has 0 N–H and O–H groups in total. The van der Waals surface area contributed by atoms with Crippen molar-refractivity contribution in [3.63, 3.8) is 0 Å². The summed E-state index contributed by atoms with van der Waals surface area (Å²) in [6.45, 7) is 2.00. The van der Waals surface area contributed by atoms with Crippen LogP contribution in [0.15, 0.2) is 30.3 Å². The fourth-order valence-corrected chi connectivity index (χ4v) is 1.73. The van der Waals surface area contributed by atoms with Crippen molar-refractivity contribution in [2.75, 3.05) is 0 Å². The van der Waals surface area contributed by atoms with Crippen molar-refractivity contribution >= 4 is 10.8 Å². The molecule has 15 heavy (non-hydrogen) atoms. The minimum absolute atomic E-state index is 0.440. The SMILES string of the molecule is Cc1cccc2c(C#N)c(C#N)ccc12. The zero-order chi connectivity index (χ0) is 10.8. The van der Waals surface area contributed by atoms with Crippen molar-refractivity contribution in [3.8, 4) is 12.1 Å². The molecule has 2 rings (SSSR count). The van der Waals surface area contributed by atoms with Gasteiger partial charge in [0.05, 0.1) is 11.1 Å². The number of rotatable bonds is 0. The molecule has 2 heteroatoms. The molecular weight excluding hydrogens is 184 g/mol. The second-order valence-electron chi connectivity index (χ2n) is 3.38. The third-order valence-corrected chi connectivity index (χ3v) is 2.51. The quantitative estimate of drug-likeness (QED) is 0.644. The minimum Gasteiger partial charge on any atom is -0.192 e. The van der Waals surface area contributed by atoms with E-state index in [0.29, 0.717) is 11.1 Å². The molecule has 70 valence electrons. The van der Waals surface area contributed by atoms with Gasteiger partial charge in [0.2, 0.25) is 0 Å². The van der Waals surface area contributed by atoms with Crippen molar-refractivity contribution in [1.29, 1.82) is 10.5 Å². The largest absolute Gasteiger partial charge is 0.192 e. The molecule has 2 aromatic carbocycles. The maximum Gasteiger partial charge on any atom is 0.101 e. The summed E-state index contributed by atoms with van der Waals surface area (Å²) in [7, 11) is 0. The molecule has 0 saturated carbocycles. The summed E-state index contributed by atoms with van der Waals surface area (Å²) >= 11 is 0. The average molecular weight is 192 g/mol. The third kappa shape index (κ3) is 1.33. The molecule has 0 fully saturated rings. The van der Waals surface area contributed by atoms with Crippen LogP contribution in [0.2, 0.25) is 0 Å². The summed E-state index contributed by atoms with van der Waals surface area (Å²) in [5.41, 5.74) is 2.03. The highest BCUT2D eigenvalue weighted by Crippen LogP contribution is 2.24. The molecule has 0 radical (unpaired) electrons. The first-order chi connectivity index (χ1) is 7.27. The number of nitriles is 2. The predicted molar refractivity (Wildman–Crippen MR) is 58.1 cm³/mol. The first kappa shape index (κ1) is 9.24. The number of aryl methyl sites for hydroxylation is 1. The van der Waals surface area contributed by atoms with Crippen molar-refractivity contribution < 1.29 is 0 Å². The second kappa shape index (κ2) is 3.44. The van der Waals surface area contributed by atoms with Crippen LogP contribution in [0.25, 0.3) is 10.8 Å². The normalized spacial score (nSPS) is 9.53. The molecule has 0 heterocycles. The molecule has 2 aromatic rings. The van der Waals surface area contributed by atoms with E-state index in [9.17, 15) is 0 Å². The lowest BCUT2D eigenvalue weighted by molar-refractivity contribution is 1.44. The zero-order valence-electron chi connectivity index (χ0n) is 8.28. The van der Waals surface area contributed by atoms with Gasteiger partial charge in [-0.3, -0.25) is 0 Å². The topological polar surface area (TPSA) is 47.6 Å². The van der Waals surface area contributed by atoms with E-state index in [1.807, 2.05) is 37.3 Å². The zero-order valence-corrected chi connectivity index (χ0v) is 8.28. The van der Waals surface area contributed by atoms with Gasteiger partial charge in [0.15, 0.2) is 0 Å². The maximum absolute atomic E-state index is 9.04. The molecule has 0 atom stereocenters. The Labute approximate surface area is 88.0 Å². The van der Waals surface area contributed by atoms with Crippen molar-refractivity contribution in [2.45, 2.75) is 6.92 Å². The number of hydrogen-bond acceptors (Lipinski definition) is 2. The Morgan fingerprint density at radius 2 is 1.73 bits per heavy atom. The molecular formula is C13H8N2. The summed E-state index contributed by atoms with van der Waals surface area (Å²) in [6.07, 6.45) is 0. The molecule has 0 unspecified atom stereocenters. The average Bonchev–Trinajstić information content (AvgIpc) is 2.28. The third-order valence-electron chi connectivity index (χ3n) is 2.51. The van der Waals surface area contributed by atoms with Crippen LogP contribution in [-0.4, -0.2) is 0 Å². The van der Waals surface area contributed by atoms with Crippen LogP contribution in [0.4, 0.5) is 0 Å². The Morgan fingerprint density at radius 1 is 0.933 bits per heavy atom. The lowest BCUT2D eigenvalue weighted by Crippen LogP contribution is -1.87. The van der Waals surface area contributed by atoms with Gasteiger partial charge in [-0.05, 0) is 23.9 Å². The highest BCUT2D eigenvalue weighted by atomic mass is 14.3. The number of nitrogens with zero attached hydrogens (tertiary/aromatic N) is 2. The van der Waals surface area contributed by atoms with Crippen molar-refractivity contribution in [1.82, 2.24) is 0 Å². The van der Waals surface area contributed by atoms with Gasteiger partial charge in [0, 0.05) is 5.39 Å². The maximum atomic E-state index is 9.04. The summed E-state index contributed by atoms with van der Waals surface area (Å²) in [5, 5.41) is 19.8. The molecule has 0 amide bonds. The predicted octanol–water partition coefficient (Wildman–Crippen LogP) is 2.89. The molecule has 0 aliphatic rings. The van der Waals surface area contributed by atoms with Gasteiger partial charge in [-0.25, -0.2) is 0 Å². The molecule has 0 spiro atoms. The van der Waals surface area contributed by atoms with E-state index in [0.717, 1.165) is 16.3 Å². The molecule has 0 aliphatic carbocycles. The van der Waals surface area contributed by atoms with Crippen molar-refractivity contribution in [2.24, 2.45) is 0 Å². The van der Waals surface area contributed by atoms with Gasteiger partial charge >= 0.3 is 0 Å². The molecule has 0 aromatic heterocycles. The lowest BCUT2D eigenvalue weighted by atomic mass is 9.98. The second-order valence-corrected chi connectivity index (χ2v) is 3.38. The van der Waals surface area contributed by atoms with Gasteiger partial charge in [0.1, 0.15) is 12.1 Å². The standard InChI is InChI=1S/C13H8N2/c1-9-3-2-4-12-11(9)6-5-10(7-14)13(12)8-15/h2-6H,1H3. The van der Waals surface area contributed by atoms with Gasteiger partial charge in [0.25, 0.3) is 0 Å². The summed E-state index contributed by atoms with van der Waals surface area (Å²) in [6, 6.07) is 13.5. The Kier molecular flexibility index (Phi) is 2.12. The summed E-state index contributed by atoms with van der Waals surface area (Å²) in [4.78, 5) is 0. The van der Waals surface area contributed by atoms with Crippen LogP contribution in [0.5, 0.6) is 0 Å². The number of hydrogen-bond donors (Lipinski definition) is 0.